The molecule has 13 heavy (non-hydrogen) atoms. The number of ether oxygens (including phenoxy) is 1. The topological polar surface area (TPSA) is 62.3 Å². The van der Waals surface area contributed by atoms with Gasteiger partial charge >= 0.3 is 0 Å². The van der Waals surface area contributed by atoms with E-state index in [1.165, 1.54) is 0 Å². The third-order valence-corrected chi connectivity index (χ3v) is 2.85. The van der Waals surface area contributed by atoms with Crippen molar-refractivity contribution < 1.29 is 4.74 Å². The van der Waals surface area contributed by atoms with E-state index in [1.807, 2.05) is 4.90 Å². The smallest absolute Gasteiger partial charge is 0.188 e. The molecule has 0 spiro atoms. The standard InChI is InChI=1S/C9H19N3O/c1-9(2)6-12(8(10)11)4-7(9)5-13-3/h7H,4-6H2,1-3H3,(H3,10,11)/t7-/m1/s1. The molecule has 0 aromatic carbocycles. The summed E-state index contributed by atoms with van der Waals surface area (Å²) in [6.45, 7) is 6.84. The summed E-state index contributed by atoms with van der Waals surface area (Å²) in [5.41, 5.74) is 5.64. The van der Waals surface area contributed by atoms with Gasteiger partial charge in [-0.2, -0.15) is 0 Å². The maximum Gasteiger partial charge on any atom is 0.188 e. The van der Waals surface area contributed by atoms with Gasteiger partial charge in [-0.25, -0.2) is 0 Å². The lowest BCUT2D eigenvalue weighted by atomic mass is 9.83. The number of nitrogens with two attached hydrogens (primary N) is 1. The normalized spacial score (nSPS) is 26.4. The van der Waals surface area contributed by atoms with Crippen LogP contribution < -0.4 is 5.73 Å². The fraction of sp³-hybridized carbons (Fsp3) is 0.889. The minimum atomic E-state index is 0.173. The molecule has 0 saturated carbocycles. The lowest BCUT2D eigenvalue weighted by Gasteiger charge is -2.24. The highest BCUT2D eigenvalue weighted by atomic mass is 16.5. The van der Waals surface area contributed by atoms with Gasteiger partial charge in [0.05, 0.1) is 6.61 Å². The molecule has 0 aromatic rings. The van der Waals surface area contributed by atoms with Gasteiger partial charge < -0.3 is 15.4 Å². The molecule has 1 rings (SSSR count). The molecule has 0 bridgehead atoms. The van der Waals surface area contributed by atoms with Crippen molar-refractivity contribution >= 4 is 5.96 Å². The first kappa shape index (κ1) is 10.3. The number of nitrogens with one attached hydrogen (secondary N) is 1. The molecule has 1 aliphatic rings. The number of rotatable bonds is 2. The molecule has 0 amide bonds. The van der Waals surface area contributed by atoms with Crippen LogP contribution in [0.4, 0.5) is 0 Å². The van der Waals surface area contributed by atoms with Crippen molar-refractivity contribution in [1.82, 2.24) is 4.90 Å². The number of methoxy groups -OCH3 is 1. The summed E-state index contributed by atoms with van der Waals surface area (Å²) in [6.07, 6.45) is 0. The average molecular weight is 185 g/mol. The van der Waals surface area contributed by atoms with Crippen molar-refractivity contribution in [2.24, 2.45) is 17.1 Å². The van der Waals surface area contributed by atoms with Gasteiger partial charge in [0.2, 0.25) is 0 Å². The number of hydrogen-bond acceptors (Lipinski definition) is 2. The molecular weight excluding hydrogens is 166 g/mol. The Morgan fingerprint density at radius 1 is 1.69 bits per heavy atom. The number of likely N-dealkylation sites (tertiary alicyclic amines) is 1. The van der Waals surface area contributed by atoms with E-state index in [0.717, 1.165) is 19.7 Å². The molecule has 0 unspecified atom stereocenters. The van der Waals surface area contributed by atoms with Crippen molar-refractivity contribution in [3.63, 3.8) is 0 Å². The quantitative estimate of drug-likeness (QED) is 0.486. The van der Waals surface area contributed by atoms with Crippen LogP contribution >= 0.6 is 0 Å². The summed E-state index contributed by atoms with van der Waals surface area (Å²) >= 11 is 0. The predicted octanol–water partition coefficient (Wildman–Crippen LogP) is 0.484. The molecule has 4 nitrogen and oxygen atoms in total. The van der Waals surface area contributed by atoms with E-state index >= 15 is 0 Å². The van der Waals surface area contributed by atoms with Gasteiger partial charge in [0, 0.05) is 26.1 Å². The summed E-state index contributed by atoms with van der Waals surface area (Å²) in [6, 6.07) is 0. The Labute approximate surface area is 79.6 Å². The van der Waals surface area contributed by atoms with Crippen LogP contribution in [0.2, 0.25) is 0 Å². The van der Waals surface area contributed by atoms with E-state index in [4.69, 9.17) is 15.9 Å². The number of nitrogens with zero attached hydrogens (tertiary/aromatic N) is 1. The first-order chi connectivity index (χ1) is 5.97. The molecule has 1 heterocycles. The van der Waals surface area contributed by atoms with Crippen LogP contribution in [-0.4, -0.2) is 37.7 Å². The van der Waals surface area contributed by atoms with Gasteiger partial charge in [-0.15, -0.1) is 0 Å². The Morgan fingerprint density at radius 2 is 2.31 bits per heavy atom. The highest BCUT2D eigenvalue weighted by molar-refractivity contribution is 5.75. The monoisotopic (exact) mass is 185 g/mol. The van der Waals surface area contributed by atoms with Crippen molar-refractivity contribution in [1.29, 1.82) is 5.41 Å². The molecule has 0 radical (unpaired) electrons. The second-order valence-corrected chi connectivity index (χ2v) is 4.41. The third kappa shape index (κ3) is 2.12. The molecule has 0 aliphatic carbocycles. The highest BCUT2D eigenvalue weighted by Gasteiger charge is 2.39. The van der Waals surface area contributed by atoms with Crippen molar-refractivity contribution in [2.75, 3.05) is 26.8 Å². The fourth-order valence-corrected chi connectivity index (χ4v) is 1.86. The Hall–Kier alpha value is -0.770. The van der Waals surface area contributed by atoms with Crippen molar-refractivity contribution in [3.05, 3.63) is 0 Å². The van der Waals surface area contributed by atoms with Crippen LogP contribution in [0.25, 0.3) is 0 Å². The third-order valence-electron chi connectivity index (χ3n) is 2.85. The van der Waals surface area contributed by atoms with E-state index in [1.54, 1.807) is 7.11 Å². The maximum absolute atomic E-state index is 7.35. The molecular formula is C9H19N3O. The molecule has 0 aromatic heterocycles. The van der Waals surface area contributed by atoms with Crippen LogP contribution in [0.1, 0.15) is 13.8 Å². The van der Waals surface area contributed by atoms with Gasteiger partial charge in [0.25, 0.3) is 0 Å². The highest BCUT2D eigenvalue weighted by Crippen LogP contribution is 2.34. The summed E-state index contributed by atoms with van der Waals surface area (Å²) < 4.78 is 5.15. The van der Waals surface area contributed by atoms with Crippen LogP contribution in [0.3, 0.4) is 0 Å². The summed E-state index contributed by atoms with van der Waals surface area (Å²) in [5, 5.41) is 7.35. The van der Waals surface area contributed by atoms with E-state index in [0.29, 0.717) is 5.92 Å². The molecule has 1 fully saturated rings. The van der Waals surface area contributed by atoms with Gasteiger partial charge in [-0.3, -0.25) is 5.41 Å². The summed E-state index contributed by atoms with van der Waals surface area (Å²) in [7, 11) is 1.71. The van der Waals surface area contributed by atoms with Crippen LogP contribution in [0.15, 0.2) is 0 Å². The van der Waals surface area contributed by atoms with Gasteiger partial charge in [0.15, 0.2) is 5.96 Å². The van der Waals surface area contributed by atoms with Crippen molar-refractivity contribution in [3.8, 4) is 0 Å². The fourth-order valence-electron chi connectivity index (χ4n) is 1.86. The van der Waals surface area contributed by atoms with E-state index in [9.17, 15) is 0 Å². The Balaban J connectivity index is 2.62. The summed E-state index contributed by atoms with van der Waals surface area (Å²) in [5.74, 6) is 0.646. The molecule has 1 atom stereocenters. The van der Waals surface area contributed by atoms with Gasteiger partial charge in [0.1, 0.15) is 0 Å². The zero-order valence-corrected chi connectivity index (χ0v) is 8.63. The first-order valence-electron chi connectivity index (χ1n) is 4.55. The maximum atomic E-state index is 7.35. The van der Waals surface area contributed by atoms with E-state index in [-0.39, 0.29) is 11.4 Å². The zero-order chi connectivity index (χ0) is 10.1. The first-order valence-corrected chi connectivity index (χ1v) is 4.55. The molecule has 1 aliphatic heterocycles. The largest absolute Gasteiger partial charge is 0.384 e. The van der Waals surface area contributed by atoms with E-state index in [2.05, 4.69) is 13.8 Å². The molecule has 1 saturated heterocycles. The number of guanidine groups is 1. The minimum Gasteiger partial charge on any atom is -0.384 e. The van der Waals surface area contributed by atoms with Crippen LogP contribution in [-0.2, 0) is 4.74 Å². The Morgan fingerprint density at radius 3 is 2.69 bits per heavy atom. The predicted molar refractivity (Wildman–Crippen MR) is 52.6 cm³/mol. The van der Waals surface area contributed by atoms with Crippen LogP contribution in [0, 0.1) is 16.7 Å². The Kier molecular flexibility index (Phi) is 2.81. The lowest BCUT2D eigenvalue weighted by molar-refractivity contribution is 0.112. The van der Waals surface area contributed by atoms with Crippen molar-refractivity contribution in [2.45, 2.75) is 13.8 Å². The summed E-state index contributed by atoms with van der Waals surface area (Å²) in [4.78, 5) is 1.91. The van der Waals surface area contributed by atoms with Crippen LogP contribution in [0.5, 0.6) is 0 Å². The second kappa shape index (κ2) is 3.54. The average Bonchev–Trinajstić information content (AvgIpc) is 2.28. The Bertz CT molecular complexity index is 203. The minimum absolute atomic E-state index is 0.173. The molecule has 76 valence electrons. The van der Waals surface area contributed by atoms with Gasteiger partial charge in [-0.05, 0) is 5.41 Å². The SMILES string of the molecule is COC[C@H]1CN(C(=N)N)CC1(C)C. The van der Waals surface area contributed by atoms with E-state index < -0.39 is 0 Å². The second-order valence-electron chi connectivity index (χ2n) is 4.41. The molecule has 4 heteroatoms. The molecule has 3 N–H and O–H groups in total. The zero-order valence-electron chi connectivity index (χ0n) is 8.63. The van der Waals surface area contributed by atoms with Gasteiger partial charge in [-0.1, -0.05) is 13.8 Å². The lowest BCUT2D eigenvalue weighted by Crippen LogP contribution is -2.35. The number of hydrogen-bond donors (Lipinski definition) is 2.